The molecule has 10 atom stereocenters. The number of alkyl halides is 1. The van der Waals surface area contributed by atoms with Gasteiger partial charge in [0.15, 0.2) is 0 Å². The van der Waals surface area contributed by atoms with Gasteiger partial charge in [0.1, 0.15) is 0 Å². The molecular formula is C29H47IO. The van der Waals surface area contributed by atoms with E-state index in [-0.39, 0.29) is 11.5 Å². The first-order chi connectivity index (χ1) is 14.3. The van der Waals surface area contributed by atoms with Gasteiger partial charge in [0.25, 0.3) is 0 Å². The highest BCUT2D eigenvalue weighted by Crippen LogP contribution is 2.77. The standard InChI is InChI=1S/C29H47IO/c1-18(2)19-10-15-29(30)17-16-27(6)20(24(19)29)8-9-22-26(5)13-12-23(31)25(3,4)21(26)11-14-28(22,27)7/h19-24,31H,1,8-17H2,2-7H3/t19-,20+,21-,22+,23-,24+,26-,27+,28+,29-/m0/s1. The van der Waals surface area contributed by atoms with Gasteiger partial charge in [-0.25, -0.2) is 0 Å². The van der Waals surface area contributed by atoms with Gasteiger partial charge >= 0.3 is 0 Å². The summed E-state index contributed by atoms with van der Waals surface area (Å²) in [6, 6.07) is 0. The van der Waals surface area contributed by atoms with E-state index in [2.05, 4.69) is 70.7 Å². The van der Waals surface area contributed by atoms with Crippen molar-refractivity contribution >= 4 is 22.6 Å². The number of halogens is 1. The third-order valence-corrected chi connectivity index (χ3v) is 14.7. The molecule has 0 spiro atoms. The lowest BCUT2D eigenvalue weighted by molar-refractivity contribution is -0.238. The molecule has 5 aliphatic rings. The van der Waals surface area contributed by atoms with Crippen LogP contribution in [0.5, 0.6) is 0 Å². The van der Waals surface area contributed by atoms with E-state index in [9.17, 15) is 5.11 Å². The van der Waals surface area contributed by atoms with Crippen LogP contribution >= 0.6 is 22.6 Å². The first-order valence-corrected chi connectivity index (χ1v) is 14.4. The maximum absolute atomic E-state index is 10.9. The van der Waals surface area contributed by atoms with Gasteiger partial charge in [-0.05, 0) is 122 Å². The van der Waals surface area contributed by atoms with Gasteiger partial charge in [0.05, 0.1) is 6.10 Å². The molecule has 5 saturated carbocycles. The van der Waals surface area contributed by atoms with Crippen LogP contribution in [0.3, 0.4) is 0 Å². The lowest BCUT2D eigenvalue weighted by Gasteiger charge is -2.72. The fraction of sp³-hybridized carbons (Fsp3) is 0.931. The van der Waals surface area contributed by atoms with E-state index < -0.39 is 0 Å². The number of allylic oxidation sites excluding steroid dienone is 1. The van der Waals surface area contributed by atoms with Gasteiger partial charge < -0.3 is 5.11 Å². The molecule has 5 aliphatic carbocycles. The minimum Gasteiger partial charge on any atom is -0.393 e. The van der Waals surface area contributed by atoms with Crippen LogP contribution in [0.15, 0.2) is 12.2 Å². The Morgan fingerprint density at radius 2 is 1.52 bits per heavy atom. The van der Waals surface area contributed by atoms with Gasteiger partial charge in [0, 0.05) is 3.42 Å². The summed E-state index contributed by atoms with van der Waals surface area (Å²) in [5, 5.41) is 10.9. The first-order valence-electron chi connectivity index (χ1n) is 13.3. The predicted octanol–water partition coefficient (Wildman–Crippen LogP) is 8.19. The van der Waals surface area contributed by atoms with Crippen molar-refractivity contribution in [2.75, 3.05) is 0 Å². The van der Waals surface area contributed by atoms with Gasteiger partial charge in [0.2, 0.25) is 0 Å². The van der Waals surface area contributed by atoms with Crippen LogP contribution in [-0.2, 0) is 0 Å². The quantitative estimate of drug-likeness (QED) is 0.203. The molecule has 0 amide bonds. The second-order valence-corrected chi connectivity index (χ2v) is 16.2. The number of rotatable bonds is 1. The van der Waals surface area contributed by atoms with E-state index in [1.165, 1.54) is 63.4 Å². The summed E-state index contributed by atoms with van der Waals surface area (Å²) < 4.78 is 0.521. The van der Waals surface area contributed by atoms with Gasteiger partial charge in [-0.3, -0.25) is 0 Å². The molecule has 0 unspecified atom stereocenters. The van der Waals surface area contributed by atoms with Crippen LogP contribution in [0.1, 0.15) is 106 Å². The number of hydrogen-bond donors (Lipinski definition) is 1. The molecule has 31 heavy (non-hydrogen) atoms. The smallest absolute Gasteiger partial charge is 0.0594 e. The van der Waals surface area contributed by atoms with Crippen LogP contribution in [-0.4, -0.2) is 14.6 Å². The first kappa shape index (κ1) is 23.2. The molecule has 0 aromatic carbocycles. The van der Waals surface area contributed by atoms with Crippen molar-refractivity contribution in [3.05, 3.63) is 12.2 Å². The summed E-state index contributed by atoms with van der Waals surface area (Å²) in [4.78, 5) is 0. The van der Waals surface area contributed by atoms with Crippen LogP contribution in [0.25, 0.3) is 0 Å². The van der Waals surface area contributed by atoms with Crippen molar-refractivity contribution in [1.82, 2.24) is 0 Å². The van der Waals surface area contributed by atoms with Crippen molar-refractivity contribution in [3.63, 3.8) is 0 Å². The van der Waals surface area contributed by atoms with Crippen molar-refractivity contribution in [2.45, 2.75) is 115 Å². The Morgan fingerprint density at radius 1 is 0.806 bits per heavy atom. The molecule has 1 N–H and O–H groups in total. The molecule has 0 bridgehead atoms. The zero-order valence-corrected chi connectivity index (χ0v) is 23.2. The normalized spacial score (nSPS) is 57.9. The number of aliphatic hydroxyl groups is 1. The monoisotopic (exact) mass is 538 g/mol. The van der Waals surface area contributed by atoms with Crippen LogP contribution in [0, 0.1) is 51.2 Å². The Labute approximate surface area is 205 Å². The Balaban J connectivity index is 1.54. The molecule has 5 fully saturated rings. The van der Waals surface area contributed by atoms with E-state index in [0.29, 0.717) is 25.6 Å². The van der Waals surface area contributed by atoms with Crippen molar-refractivity contribution in [2.24, 2.45) is 51.2 Å². The molecule has 0 aromatic rings. The highest BCUT2D eigenvalue weighted by molar-refractivity contribution is 14.1. The number of aliphatic hydroxyl groups excluding tert-OH is 1. The Morgan fingerprint density at radius 3 is 2.19 bits per heavy atom. The highest BCUT2D eigenvalue weighted by Gasteiger charge is 2.70. The van der Waals surface area contributed by atoms with Crippen molar-refractivity contribution < 1.29 is 5.11 Å². The maximum Gasteiger partial charge on any atom is 0.0594 e. The topological polar surface area (TPSA) is 20.2 Å². The fourth-order valence-corrected chi connectivity index (χ4v) is 12.5. The summed E-state index contributed by atoms with van der Waals surface area (Å²) in [7, 11) is 0. The molecule has 0 saturated heterocycles. The lowest BCUT2D eigenvalue weighted by Crippen LogP contribution is -2.66. The Bertz CT molecular complexity index is 773. The van der Waals surface area contributed by atoms with E-state index in [1.807, 2.05) is 0 Å². The molecule has 0 heterocycles. The molecule has 5 rings (SSSR count). The van der Waals surface area contributed by atoms with E-state index in [4.69, 9.17) is 0 Å². The highest BCUT2D eigenvalue weighted by atomic mass is 127. The van der Waals surface area contributed by atoms with E-state index in [1.54, 1.807) is 0 Å². The minimum atomic E-state index is -0.119. The molecule has 2 heteroatoms. The van der Waals surface area contributed by atoms with Crippen LogP contribution in [0.4, 0.5) is 0 Å². The van der Waals surface area contributed by atoms with E-state index in [0.717, 1.165) is 30.1 Å². The molecule has 0 radical (unpaired) electrons. The largest absolute Gasteiger partial charge is 0.393 e. The molecular weight excluding hydrogens is 491 g/mol. The lowest BCUT2D eigenvalue weighted by atomic mass is 9.33. The fourth-order valence-electron chi connectivity index (χ4n) is 11.1. The molecule has 176 valence electrons. The third kappa shape index (κ3) is 2.82. The van der Waals surface area contributed by atoms with Crippen molar-refractivity contribution in [1.29, 1.82) is 0 Å². The predicted molar refractivity (Wildman–Crippen MR) is 139 cm³/mol. The van der Waals surface area contributed by atoms with Gasteiger partial charge in [-0.1, -0.05) is 69.4 Å². The van der Waals surface area contributed by atoms with Gasteiger partial charge in [-0.15, -0.1) is 0 Å². The third-order valence-electron chi connectivity index (χ3n) is 12.9. The molecule has 1 nitrogen and oxygen atoms in total. The summed E-state index contributed by atoms with van der Waals surface area (Å²) in [6.07, 6.45) is 13.3. The van der Waals surface area contributed by atoms with Gasteiger partial charge in [-0.2, -0.15) is 0 Å². The molecule has 0 aliphatic heterocycles. The zero-order chi connectivity index (χ0) is 22.6. The average Bonchev–Trinajstić information content (AvgIpc) is 3.04. The maximum atomic E-state index is 10.9. The van der Waals surface area contributed by atoms with Crippen LogP contribution < -0.4 is 0 Å². The summed E-state index contributed by atoms with van der Waals surface area (Å²) in [5.74, 6) is 3.95. The number of hydrogen-bond acceptors (Lipinski definition) is 1. The zero-order valence-electron chi connectivity index (χ0n) is 21.1. The Hall–Kier alpha value is 0.430. The SMILES string of the molecule is C=C(C)[C@@H]1CC[C@]2(I)CC[C@]3(C)[C@H](CC[C@@H]4[C@@]5(C)CC[C@H](O)C(C)(C)[C@@H]5CC[C@]43C)[C@@H]12. The summed E-state index contributed by atoms with van der Waals surface area (Å²) in [6.45, 7) is 19.7. The Kier molecular flexibility index (Phi) is 5.22. The van der Waals surface area contributed by atoms with Crippen molar-refractivity contribution in [3.8, 4) is 0 Å². The second-order valence-electron chi connectivity index (χ2n) is 14.1. The van der Waals surface area contributed by atoms with E-state index >= 15 is 0 Å². The minimum absolute atomic E-state index is 0.0620. The molecule has 0 aromatic heterocycles. The summed E-state index contributed by atoms with van der Waals surface area (Å²) in [5.41, 5.74) is 2.82. The average molecular weight is 539 g/mol. The number of fused-ring (bicyclic) bond motifs is 7. The van der Waals surface area contributed by atoms with Crippen LogP contribution in [0.2, 0.25) is 0 Å². The summed E-state index contributed by atoms with van der Waals surface area (Å²) >= 11 is 2.91. The second kappa shape index (κ2) is 6.98.